The molecule has 0 fully saturated rings. The van der Waals surface area contributed by atoms with Crippen molar-refractivity contribution in [3.05, 3.63) is 35.0 Å². The molecule has 1 aromatic carbocycles. The van der Waals surface area contributed by atoms with E-state index >= 15 is 0 Å². The summed E-state index contributed by atoms with van der Waals surface area (Å²) < 4.78 is 6.60. The third-order valence-electron chi connectivity index (χ3n) is 3.71. The van der Waals surface area contributed by atoms with Crippen LogP contribution in [0, 0.1) is 5.41 Å². The van der Waals surface area contributed by atoms with E-state index in [1.807, 2.05) is 43.0 Å². The fraction of sp³-hybridized carbons (Fsp3) is 0.412. The largest absolute Gasteiger partial charge is 0.510 e. The predicted molar refractivity (Wildman–Crippen MR) is 94.2 cm³/mol. The van der Waals surface area contributed by atoms with Crippen molar-refractivity contribution in [2.45, 2.75) is 26.4 Å². The fourth-order valence-electron chi connectivity index (χ4n) is 2.60. The molecule has 23 heavy (non-hydrogen) atoms. The first-order chi connectivity index (χ1) is 11.1. The molecule has 122 valence electrons. The Hall–Kier alpha value is -1.92. The minimum atomic E-state index is 0.220. The van der Waals surface area contributed by atoms with Gasteiger partial charge in [0.05, 0.1) is 28.4 Å². The summed E-state index contributed by atoms with van der Waals surface area (Å²) in [6.45, 7) is 5.77. The molecule has 0 saturated heterocycles. The van der Waals surface area contributed by atoms with Crippen molar-refractivity contribution in [2.24, 2.45) is 0 Å². The second-order valence-electron chi connectivity index (χ2n) is 5.85. The van der Waals surface area contributed by atoms with Gasteiger partial charge in [0.1, 0.15) is 16.6 Å². The van der Waals surface area contributed by atoms with Crippen molar-refractivity contribution in [1.29, 1.82) is 5.41 Å². The summed E-state index contributed by atoms with van der Waals surface area (Å²) >= 11 is 1.52. The van der Waals surface area contributed by atoms with Crippen LogP contribution in [0.15, 0.2) is 30.0 Å². The number of aliphatic hydroxyl groups excluding tert-OH is 1. The second kappa shape index (κ2) is 6.68. The van der Waals surface area contributed by atoms with Crippen LogP contribution in [0.3, 0.4) is 0 Å². The molecule has 0 spiro atoms. The van der Waals surface area contributed by atoms with Gasteiger partial charge in [-0.2, -0.15) is 0 Å². The van der Waals surface area contributed by atoms with Gasteiger partial charge < -0.3 is 14.7 Å². The smallest absolute Gasteiger partial charge is 0.135 e. The van der Waals surface area contributed by atoms with Crippen molar-refractivity contribution in [1.82, 2.24) is 9.88 Å². The van der Waals surface area contributed by atoms with Crippen molar-refractivity contribution in [3.8, 4) is 0 Å². The molecule has 2 N–H and O–H groups in total. The maximum Gasteiger partial charge on any atom is 0.135 e. The van der Waals surface area contributed by atoms with E-state index in [-0.39, 0.29) is 11.9 Å². The summed E-state index contributed by atoms with van der Waals surface area (Å²) in [5.41, 5.74) is 1.47. The van der Waals surface area contributed by atoms with Gasteiger partial charge in [-0.15, -0.1) is 11.3 Å². The molecule has 5 nitrogen and oxygen atoms in total. The number of aromatic nitrogens is 1. The van der Waals surface area contributed by atoms with E-state index in [0.29, 0.717) is 31.1 Å². The van der Waals surface area contributed by atoms with E-state index in [4.69, 9.17) is 10.1 Å². The van der Waals surface area contributed by atoms with Gasteiger partial charge in [-0.05, 0) is 32.4 Å². The van der Waals surface area contributed by atoms with Crippen LogP contribution in [0.5, 0.6) is 0 Å². The SMILES string of the molecule is CC(C)OCCCN1CC(O)=C(c2nc3ccccc3s2)C1=N. The Labute approximate surface area is 139 Å². The molecular formula is C17H21N3O2S. The summed E-state index contributed by atoms with van der Waals surface area (Å²) in [4.78, 5) is 6.43. The van der Waals surface area contributed by atoms with Gasteiger partial charge >= 0.3 is 0 Å². The lowest BCUT2D eigenvalue weighted by molar-refractivity contribution is 0.0742. The average molecular weight is 331 g/mol. The van der Waals surface area contributed by atoms with Gasteiger partial charge in [-0.3, -0.25) is 5.41 Å². The average Bonchev–Trinajstić information content (AvgIpc) is 3.04. The van der Waals surface area contributed by atoms with E-state index < -0.39 is 0 Å². The molecule has 0 aliphatic carbocycles. The topological polar surface area (TPSA) is 69.4 Å². The molecule has 1 aliphatic heterocycles. The first-order valence-electron chi connectivity index (χ1n) is 7.80. The summed E-state index contributed by atoms with van der Waals surface area (Å²) in [5.74, 6) is 0.588. The van der Waals surface area contributed by atoms with Gasteiger partial charge in [0.15, 0.2) is 0 Å². The van der Waals surface area contributed by atoms with Crippen LogP contribution in [0.25, 0.3) is 15.8 Å². The molecule has 6 heteroatoms. The zero-order valence-corrected chi connectivity index (χ0v) is 14.2. The predicted octanol–water partition coefficient (Wildman–Crippen LogP) is 3.67. The Morgan fingerprint density at radius 1 is 1.39 bits per heavy atom. The Balaban J connectivity index is 1.70. The number of benzene rings is 1. The maximum atomic E-state index is 10.3. The molecule has 0 bridgehead atoms. The minimum absolute atomic E-state index is 0.220. The number of hydrogen-bond acceptors (Lipinski definition) is 5. The second-order valence-corrected chi connectivity index (χ2v) is 6.88. The van der Waals surface area contributed by atoms with Gasteiger partial charge in [0.2, 0.25) is 0 Å². The lowest BCUT2D eigenvalue weighted by atomic mass is 10.2. The highest BCUT2D eigenvalue weighted by Gasteiger charge is 2.29. The highest BCUT2D eigenvalue weighted by molar-refractivity contribution is 7.19. The molecule has 0 saturated carbocycles. The van der Waals surface area contributed by atoms with E-state index in [9.17, 15) is 5.11 Å². The van der Waals surface area contributed by atoms with Crippen LogP contribution in [0.4, 0.5) is 0 Å². The van der Waals surface area contributed by atoms with Crippen molar-refractivity contribution >= 4 is 33.0 Å². The summed E-state index contributed by atoms with van der Waals surface area (Å²) in [7, 11) is 0. The normalized spacial score (nSPS) is 15.4. The van der Waals surface area contributed by atoms with E-state index in [1.54, 1.807) is 0 Å². The lowest BCUT2D eigenvalue weighted by Crippen LogP contribution is -2.28. The number of nitrogens with zero attached hydrogens (tertiary/aromatic N) is 2. The first-order valence-corrected chi connectivity index (χ1v) is 8.61. The monoisotopic (exact) mass is 331 g/mol. The number of nitrogens with one attached hydrogen (secondary N) is 1. The Bertz CT molecular complexity index is 718. The van der Waals surface area contributed by atoms with Gasteiger partial charge in [0.25, 0.3) is 0 Å². The van der Waals surface area contributed by atoms with Crippen molar-refractivity contribution in [2.75, 3.05) is 19.7 Å². The quantitative estimate of drug-likeness (QED) is 0.792. The fourth-order valence-corrected chi connectivity index (χ4v) is 3.64. The third kappa shape index (κ3) is 3.38. The van der Waals surface area contributed by atoms with E-state index in [2.05, 4.69) is 4.98 Å². The van der Waals surface area contributed by atoms with Gasteiger partial charge in [-0.25, -0.2) is 4.98 Å². The van der Waals surface area contributed by atoms with Crippen molar-refractivity contribution in [3.63, 3.8) is 0 Å². The van der Waals surface area contributed by atoms with Crippen molar-refractivity contribution < 1.29 is 9.84 Å². The zero-order valence-electron chi connectivity index (χ0n) is 13.4. The van der Waals surface area contributed by atoms with Gasteiger partial charge in [0, 0.05) is 13.2 Å². The summed E-state index contributed by atoms with van der Waals surface area (Å²) in [6, 6.07) is 7.88. The summed E-state index contributed by atoms with van der Waals surface area (Å²) in [6.07, 6.45) is 1.05. The molecular weight excluding hydrogens is 310 g/mol. The number of para-hydroxylation sites is 1. The standard InChI is InChI=1S/C17H21N3O2S/c1-11(2)22-9-5-8-20-10-13(21)15(16(20)18)17-19-12-6-3-4-7-14(12)23-17/h3-4,6-7,11,18,21H,5,8-10H2,1-2H3. The van der Waals surface area contributed by atoms with E-state index in [1.165, 1.54) is 11.3 Å². The third-order valence-corrected chi connectivity index (χ3v) is 4.77. The number of rotatable bonds is 6. The number of amidine groups is 1. The highest BCUT2D eigenvalue weighted by atomic mass is 32.1. The molecule has 0 unspecified atom stereocenters. The lowest BCUT2D eigenvalue weighted by Gasteiger charge is -2.18. The number of aliphatic hydroxyl groups is 1. The minimum Gasteiger partial charge on any atom is -0.510 e. The zero-order chi connectivity index (χ0) is 16.4. The Morgan fingerprint density at radius 3 is 2.91 bits per heavy atom. The first kappa shape index (κ1) is 16.0. The van der Waals surface area contributed by atoms with Crippen LogP contribution in [0.2, 0.25) is 0 Å². The molecule has 1 aromatic heterocycles. The molecule has 0 amide bonds. The molecule has 3 rings (SSSR count). The van der Waals surface area contributed by atoms with Gasteiger partial charge in [-0.1, -0.05) is 12.1 Å². The van der Waals surface area contributed by atoms with Crippen LogP contribution >= 0.6 is 11.3 Å². The van der Waals surface area contributed by atoms with Crippen LogP contribution < -0.4 is 0 Å². The molecule has 2 heterocycles. The number of thiazole rings is 1. The Morgan fingerprint density at radius 2 is 2.17 bits per heavy atom. The van der Waals surface area contributed by atoms with E-state index in [0.717, 1.165) is 21.6 Å². The van der Waals surface area contributed by atoms with Crippen LogP contribution in [-0.2, 0) is 4.74 Å². The maximum absolute atomic E-state index is 10.3. The molecule has 0 atom stereocenters. The highest BCUT2D eigenvalue weighted by Crippen LogP contribution is 2.32. The number of ether oxygens (including phenoxy) is 1. The number of fused-ring (bicyclic) bond motifs is 1. The molecule has 2 aromatic rings. The summed E-state index contributed by atoms with van der Waals surface area (Å²) in [5, 5.41) is 19.4. The number of hydrogen-bond donors (Lipinski definition) is 2. The molecule has 0 radical (unpaired) electrons. The van der Waals surface area contributed by atoms with Crippen LogP contribution in [0.1, 0.15) is 25.3 Å². The molecule has 1 aliphatic rings. The van der Waals surface area contributed by atoms with Crippen LogP contribution in [-0.4, -0.2) is 46.6 Å². The Kier molecular flexibility index (Phi) is 4.63.